The van der Waals surface area contributed by atoms with Crippen LogP contribution in [0.3, 0.4) is 0 Å². The molecular weight excluding hydrogens is 462 g/mol. The fraction of sp³-hybridized carbons (Fsp3) is 0.348. The summed E-state index contributed by atoms with van der Waals surface area (Å²) in [4.78, 5) is 34.4. The van der Waals surface area contributed by atoms with Crippen molar-refractivity contribution in [2.24, 2.45) is 4.99 Å². The van der Waals surface area contributed by atoms with Gasteiger partial charge in [-0.25, -0.2) is 9.79 Å². The lowest BCUT2D eigenvalue weighted by atomic mass is 10.0. The highest BCUT2D eigenvalue weighted by atomic mass is 32.1. The number of anilines is 1. The van der Waals surface area contributed by atoms with E-state index in [0.717, 1.165) is 23.9 Å². The quantitative estimate of drug-likeness (QED) is 0.516. The van der Waals surface area contributed by atoms with Crippen molar-refractivity contribution >= 4 is 40.6 Å². The first-order valence-electron chi connectivity index (χ1n) is 10.7. The van der Waals surface area contributed by atoms with Gasteiger partial charge in [-0.05, 0) is 31.4 Å². The van der Waals surface area contributed by atoms with E-state index in [1.165, 1.54) is 22.7 Å². The van der Waals surface area contributed by atoms with Gasteiger partial charge in [0, 0.05) is 30.1 Å². The van der Waals surface area contributed by atoms with Crippen molar-refractivity contribution in [3.8, 4) is 0 Å². The van der Waals surface area contributed by atoms with Gasteiger partial charge in [0.25, 0.3) is 5.56 Å². The standard InChI is InChI=1S/C23H23N3O5S2/c1-3-30-22(28)19-14(2)24-23-26(20(19)16-5-4-12-32-16)21(27)17(33-23)13-15-6-7-18(31-15)25-8-10-29-11-9-25/h4-7,12-13,20H,3,8-11H2,1-2H3/b17-13+. The smallest absolute Gasteiger partial charge is 0.338 e. The lowest BCUT2D eigenvalue weighted by Gasteiger charge is -2.26. The zero-order chi connectivity index (χ0) is 22.9. The first-order chi connectivity index (χ1) is 16.1. The SMILES string of the molecule is CCOC(=O)C1=C(C)N=c2s/c(=C/c3ccc(N4CCOCC4)o3)c(=O)n2C1c1cccs1. The summed E-state index contributed by atoms with van der Waals surface area (Å²) in [7, 11) is 0. The number of furan rings is 1. The van der Waals surface area contributed by atoms with Crippen LogP contribution in [0.1, 0.15) is 30.5 Å². The summed E-state index contributed by atoms with van der Waals surface area (Å²) in [5.41, 5.74) is 0.744. The minimum atomic E-state index is -0.567. The number of esters is 1. The highest BCUT2D eigenvalue weighted by Gasteiger charge is 2.33. The van der Waals surface area contributed by atoms with Crippen molar-refractivity contribution in [2.75, 3.05) is 37.8 Å². The monoisotopic (exact) mass is 485 g/mol. The fourth-order valence-corrected chi connectivity index (χ4v) is 5.86. The van der Waals surface area contributed by atoms with Gasteiger partial charge in [0.15, 0.2) is 10.7 Å². The fourth-order valence-electron chi connectivity index (χ4n) is 4.01. The van der Waals surface area contributed by atoms with Gasteiger partial charge in [0.05, 0.1) is 35.6 Å². The molecule has 3 aromatic heterocycles. The lowest BCUT2D eigenvalue weighted by Crippen LogP contribution is -2.39. The van der Waals surface area contributed by atoms with Gasteiger partial charge in [0.1, 0.15) is 11.8 Å². The molecule has 8 nitrogen and oxygen atoms in total. The molecule has 0 aromatic carbocycles. The number of allylic oxidation sites excluding steroid dienone is 1. The molecule has 0 aliphatic carbocycles. The van der Waals surface area contributed by atoms with Crippen LogP contribution >= 0.6 is 22.7 Å². The van der Waals surface area contributed by atoms with Crippen LogP contribution in [0.25, 0.3) is 6.08 Å². The molecule has 0 N–H and O–H groups in total. The summed E-state index contributed by atoms with van der Waals surface area (Å²) in [6, 6.07) is 7.03. The Balaban J connectivity index is 1.58. The van der Waals surface area contributed by atoms with Crippen LogP contribution in [-0.4, -0.2) is 43.4 Å². The van der Waals surface area contributed by atoms with E-state index in [-0.39, 0.29) is 12.2 Å². The summed E-state index contributed by atoms with van der Waals surface area (Å²) in [5.74, 6) is 0.901. The first kappa shape index (κ1) is 21.9. The van der Waals surface area contributed by atoms with Gasteiger partial charge >= 0.3 is 5.97 Å². The molecule has 3 aromatic rings. The second-order valence-corrected chi connectivity index (χ2v) is 9.58. The Hall–Kier alpha value is -2.95. The van der Waals surface area contributed by atoms with E-state index >= 15 is 0 Å². The molecule has 0 bridgehead atoms. The number of nitrogens with zero attached hydrogens (tertiary/aromatic N) is 3. The van der Waals surface area contributed by atoms with Gasteiger partial charge < -0.3 is 18.8 Å². The number of ether oxygens (including phenoxy) is 2. The summed E-state index contributed by atoms with van der Waals surface area (Å²) >= 11 is 2.78. The minimum absolute atomic E-state index is 0.212. The van der Waals surface area contributed by atoms with Crippen LogP contribution < -0.4 is 19.8 Å². The van der Waals surface area contributed by atoms with Crippen molar-refractivity contribution in [2.45, 2.75) is 19.9 Å². The average molecular weight is 486 g/mol. The number of hydrogen-bond acceptors (Lipinski definition) is 9. The molecule has 5 heterocycles. The molecule has 0 amide bonds. The van der Waals surface area contributed by atoms with Crippen LogP contribution in [0.5, 0.6) is 0 Å². The number of morpholine rings is 1. The summed E-state index contributed by atoms with van der Waals surface area (Å²) < 4.78 is 18.8. The Morgan fingerprint density at radius 3 is 2.85 bits per heavy atom. The maximum atomic E-state index is 13.5. The molecule has 1 fully saturated rings. The van der Waals surface area contributed by atoms with E-state index in [2.05, 4.69) is 9.89 Å². The van der Waals surface area contributed by atoms with Crippen LogP contribution in [0, 0.1) is 0 Å². The van der Waals surface area contributed by atoms with Crippen LogP contribution in [0.2, 0.25) is 0 Å². The number of thiazole rings is 1. The van der Waals surface area contributed by atoms with E-state index in [9.17, 15) is 9.59 Å². The van der Waals surface area contributed by atoms with E-state index in [1.807, 2.05) is 29.6 Å². The number of carbonyl (C=O) groups is 1. The molecule has 1 unspecified atom stereocenters. The second-order valence-electron chi connectivity index (χ2n) is 7.59. The molecule has 172 valence electrons. The average Bonchev–Trinajstić information content (AvgIpc) is 3.56. The van der Waals surface area contributed by atoms with E-state index in [1.54, 1.807) is 24.5 Å². The molecule has 2 aliphatic heterocycles. The maximum absolute atomic E-state index is 13.5. The molecule has 1 saturated heterocycles. The highest BCUT2D eigenvalue weighted by molar-refractivity contribution is 7.10. The molecule has 10 heteroatoms. The van der Waals surface area contributed by atoms with Crippen LogP contribution in [0.4, 0.5) is 5.88 Å². The number of thiophene rings is 1. The van der Waals surface area contributed by atoms with E-state index in [4.69, 9.17) is 13.9 Å². The Morgan fingerprint density at radius 1 is 1.30 bits per heavy atom. The maximum Gasteiger partial charge on any atom is 0.338 e. The number of aromatic nitrogens is 1. The summed E-state index contributed by atoms with van der Waals surface area (Å²) in [6.45, 7) is 6.67. The molecule has 33 heavy (non-hydrogen) atoms. The lowest BCUT2D eigenvalue weighted by molar-refractivity contribution is -0.139. The van der Waals surface area contributed by atoms with Crippen molar-refractivity contribution < 1.29 is 18.7 Å². The van der Waals surface area contributed by atoms with Gasteiger partial charge in [0.2, 0.25) is 0 Å². The molecule has 5 rings (SSSR count). The summed E-state index contributed by atoms with van der Waals surface area (Å²) in [6.07, 6.45) is 1.74. The van der Waals surface area contributed by atoms with E-state index in [0.29, 0.717) is 39.6 Å². The third kappa shape index (κ3) is 4.09. The summed E-state index contributed by atoms with van der Waals surface area (Å²) in [5, 5.41) is 1.93. The largest absolute Gasteiger partial charge is 0.463 e. The minimum Gasteiger partial charge on any atom is -0.463 e. The zero-order valence-corrected chi connectivity index (χ0v) is 19.9. The Kier molecular flexibility index (Phi) is 6.05. The predicted octanol–water partition coefficient (Wildman–Crippen LogP) is 2.29. The zero-order valence-electron chi connectivity index (χ0n) is 18.3. The number of fused-ring (bicyclic) bond motifs is 1. The topological polar surface area (TPSA) is 86.3 Å². The molecule has 2 aliphatic rings. The van der Waals surface area contributed by atoms with Gasteiger partial charge in [-0.1, -0.05) is 17.4 Å². The highest BCUT2D eigenvalue weighted by Crippen LogP contribution is 2.33. The molecule has 0 saturated carbocycles. The third-order valence-electron chi connectivity index (χ3n) is 5.54. The number of hydrogen-bond donors (Lipinski definition) is 0. The third-order valence-corrected chi connectivity index (χ3v) is 7.45. The molecule has 0 spiro atoms. The van der Waals surface area contributed by atoms with Crippen molar-refractivity contribution in [1.82, 2.24) is 4.57 Å². The second kappa shape index (κ2) is 9.12. The van der Waals surface area contributed by atoms with Gasteiger partial charge in [-0.15, -0.1) is 11.3 Å². The van der Waals surface area contributed by atoms with Gasteiger partial charge in [-0.2, -0.15) is 0 Å². The van der Waals surface area contributed by atoms with Crippen molar-refractivity contribution in [3.05, 3.63) is 71.2 Å². The first-order valence-corrected chi connectivity index (χ1v) is 12.4. The number of carbonyl (C=O) groups excluding carboxylic acids is 1. The van der Waals surface area contributed by atoms with Crippen molar-refractivity contribution in [3.63, 3.8) is 0 Å². The number of rotatable bonds is 5. The Bertz CT molecular complexity index is 1370. The normalized spacial score (nSPS) is 18.9. The van der Waals surface area contributed by atoms with E-state index < -0.39 is 12.0 Å². The Labute approximate surface area is 197 Å². The van der Waals surface area contributed by atoms with Gasteiger partial charge in [-0.3, -0.25) is 9.36 Å². The molecule has 1 atom stereocenters. The van der Waals surface area contributed by atoms with Crippen LogP contribution in [0.15, 0.2) is 55.1 Å². The predicted molar refractivity (Wildman–Crippen MR) is 126 cm³/mol. The van der Waals surface area contributed by atoms with Crippen molar-refractivity contribution in [1.29, 1.82) is 0 Å². The van der Waals surface area contributed by atoms with Crippen LogP contribution in [-0.2, 0) is 14.3 Å². The molecular formula is C23H23N3O5S2. The molecule has 0 radical (unpaired) electrons. The Morgan fingerprint density at radius 2 is 2.12 bits per heavy atom.